The van der Waals surface area contributed by atoms with Gasteiger partial charge in [-0.1, -0.05) is 0 Å². The van der Waals surface area contributed by atoms with Crippen LogP contribution >= 0.6 is 0 Å². The van der Waals surface area contributed by atoms with Crippen molar-refractivity contribution in [2.45, 2.75) is 12.5 Å². The van der Waals surface area contributed by atoms with Crippen LogP contribution in [0.15, 0.2) is 24.3 Å². The molecule has 1 unspecified atom stereocenters. The first-order valence-corrected chi connectivity index (χ1v) is 5.74. The van der Waals surface area contributed by atoms with Crippen LogP contribution in [-0.2, 0) is 0 Å². The molecule has 0 bridgehead atoms. The SMILES string of the molecule is CN(C)c1ccc(C(=O)NCC(C)(O)CO)cc1. The first kappa shape index (κ1) is 14.5. The summed E-state index contributed by atoms with van der Waals surface area (Å²) in [5, 5.41) is 21.0. The van der Waals surface area contributed by atoms with Crippen LogP contribution in [0.1, 0.15) is 17.3 Å². The number of hydrogen-bond acceptors (Lipinski definition) is 4. The highest BCUT2D eigenvalue weighted by Crippen LogP contribution is 2.12. The number of anilines is 1. The molecule has 5 nitrogen and oxygen atoms in total. The van der Waals surface area contributed by atoms with Gasteiger partial charge in [-0.2, -0.15) is 0 Å². The fraction of sp³-hybridized carbons (Fsp3) is 0.462. The zero-order valence-electron chi connectivity index (χ0n) is 11.0. The Kier molecular flexibility index (Phi) is 4.69. The number of aliphatic hydroxyl groups excluding tert-OH is 1. The number of nitrogens with one attached hydrogen (secondary N) is 1. The van der Waals surface area contributed by atoms with Gasteiger partial charge in [-0.3, -0.25) is 4.79 Å². The second kappa shape index (κ2) is 5.84. The minimum atomic E-state index is -1.29. The maximum Gasteiger partial charge on any atom is 0.251 e. The topological polar surface area (TPSA) is 72.8 Å². The van der Waals surface area contributed by atoms with E-state index >= 15 is 0 Å². The lowest BCUT2D eigenvalue weighted by molar-refractivity contribution is 0.00320. The van der Waals surface area contributed by atoms with Crippen LogP contribution in [-0.4, -0.2) is 49.0 Å². The Balaban J connectivity index is 2.62. The van der Waals surface area contributed by atoms with E-state index in [0.29, 0.717) is 5.56 Å². The first-order valence-electron chi connectivity index (χ1n) is 5.74. The van der Waals surface area contributed by atoms with Crippen molar-refractivity contribution in [2.24, 2.45) is 0 Å². The summed E-state index contributed by atoms with van der Waals surface area (Å²) in [7, 11) is 3.85. The Hall–Kier alpha value is -1.59. The van der Waals surface area contributed by atoms with Crippen molar-refractivity contribution in [3.05, 3.63) is 29.8 Å². The number of carbonyl (C=O) groups excluding carboxylic acids is 1. The van der Waals surface area contributed by atoms with Crippen molar-refractivity contribution in [3.63, 3.8) is 0 Å². The highest BCUT2D eigenvalue weighted by Gasteiger charge is 2.20. The van der Waals surface area contributed by atoms with E-state index in [1.54, 1.807) is 12.1 Å². The molecule has 3 N–H and O–H groups in total. The second-order valence-corrected chi connectivity index (χ2v) is 4.78. The van der Waals surface area contributed by atoms with Crippen molar-refractivity contribution in [2.75, 3.05) is 32.1 Å². The van der Waals surface area contributed by atoms with E-state index in [4.69, 9.17) is 5.11 Å². The molecule has 0 radical (unpaired) electrons. The zero-order chi connectivity index (χ0) is 13.8. The molecule has 0 aliphatic rings. The Morgan fingerprint density at radius 3 is 2.33 bits per heavy atom. The van der Waals surface area contributed by atoms with E-state index in [9.17, 15) is 9.90 Å². The maximum atomic E-state index is 11.8. The lowest BCUT2D eigenvalue weighted by atomic mass is 10.1. The molecular weight excluding hydrogens is 232 g/mol. The molecule has 0 aromatic heterocycles. The predicted molar refractivity (Wildman–Crippen MR) is 70.8 cm³/mol. The number of benzene rings is 1. The van der Waals surface area contributed by atoms with Crippen LogP contribution in [0.3, 0.4) is 0 Å². The van der Waals surface area contributed by atoms with E-state index in [1.165, 1.54) is 6.92 Å². The van der Waals surface area contributed by atoms with Gasteiger partial charge in [-0.15, -0.1) is 0 Å². The molecule has 100 valence electrons. The number of hydrogen-bond donors (Lipinski definition) is 3. The van der Waals surface area contributed by atoms with Crippen molar-refractivity contribution < 1.29 is 15.0 Å². The van der Waals surface area contributed by atoms with Gasteiger partial charge in [0, 0.05) is 31.9 Å². The molecule has 18 heavy (non-hydrogen) atoms. The lowest BCUT2D eigenvalue weighted by Gasteiger charge is -2.20. The fourth-order valence-corrected chi connectivity index (χ4v) is 1.34. The number of rotatable bonds is 5. The molecule has 0 saturated heterocycles. The predicted octanol–water partition coefficient (Wildman–Crippen LogP) is 0.226. The fourth-order valence-electron chi connectivity index (χ4n) is 1.34. The summed E-state index contributed by atoms with van der Waals surface area (Å²) in [5.74, 6) is -0.269. The first-order chi connectivity index (χ1) is 8.35. The molecule has 1 amide bonds. The van der Waals surface area contributed by atoms with Crippen LogP contribution in [0.25, 0.3) is 0 Å². The normalized spacial score (nSPS) is 13.8. The summed E-state index contributed by atoms with van der Waals surface area (Å²) in [6, 6.07) is 7.13. The van der Waals surface area contributed by atoms with Gasteiger partial charge in [0.05, 0.1) is 6.61 Å². The molecule has 1 aromatic rings. The molecule has 0 aliphatic heterocycles. The Morgan fingerprint density at radius 1 is 1.33 bits per heavy atom. The smallest absolute Gasteiger partial charge is 0.251 e. The summed E-state index contributed by atoms with van der Waals surface area (Å²) < 4.78 is 0. The summed E-state index contributed by atoms with van der Waals surface area (Å²) in [6.07, 6.45) is 0. The quantitative estimate of drug-likeness (QED) is 0.701. The average Bonchev–Trinajstić information content (AvgIpc) is 2.36. The van der Waals surface area contributed by atoms with E-state index in [1.807, 2.05) is 31.1 Å². The van der Waals surface area contributed by atoms with Crippen LogP contribution in [0.5, 0.6) is 0 Å². The van der Waals surface area contributed by atoms with Gasteiger partial charge >= 0.3 is 0 Å². The van der Waals surface area contributed by atoms with Crippen molar-refractivity contribution >= 4 is 11.6 Å². The molecule has 0 aliphatic carbocycles. The van der Waals surface area contributed by atoms with Gasteiger partial charge in [-0.25, -0.2) is 0 Å². The second-order valence-electron chi connectivity index (χ2n) is 4.78. The minimum Gasteiger partial charge on any atom is -0.393 e. The van der Waals surface area contributed by atoms with E-state index in [0.717, 1.165) is 5.69 Å². The van der Waals surface area contributed by atoms with Crippen LogP contribution in [0.4, 0.5) is 5.69 Å². The monoisotopic (exact) mass is 252 g/mol. The molecule has 0 saturated carbocycles. The van der Waals surface area contributed by atoms with Crippen LogP contribution in [0.2, 0.25) is 0 Å². The van der Waals surface area contributed by atoms with Crippen LogP contribution < -0.4 is 10.2 Å². The molecule has 1 rings (SSSR count). The third-order valence-electron chi connectivity index (χ3n) is 2.62. The van der Waals surface area contributed by atoms with Crippen molar-refractivity contribution in [3.8, 4) is 0 Å². The van der Waals surface area contributed by atoms with Gasteiger partial charge in [-0.05, 0) is 31.2 Å². The molecule has 1 atom stereocenters. The molecule has 1 aromatic carbocycles. The standard InChI is InChI=1S/C13H20N2O3/c1-13(18,9-16)8-14-12(17)10-4-6-11(7-5-10)15(2)3/h4-7,16,18H,8-9H2,1-3H3,(H,14,17). The molecular formula is C13H20N2O3. The molecule has 5 heteroatoms. The number of nitrogens with zero attached hydrogens (tertiary/aromatic N) is 1. The number of carbonyl (C=O) groups is 1. The van der Waals surface area contributed by atoms with Gasteiger partial charge in [0.15, 0.2) is 0 Å². The average molecular weight is 252 g/mol. The molecule has 0 spiro atoms. The van der Waals surface area contributed by atoms with Gasteiger partial charge in [0.25, 0.3) is 5.91 Å². The third-order valence-corrected chi connectivity index (χ3v) is 2.62. The number of aliphatic hydroxyl groups is 2. The molecule has 0 fully saturated rings. The summed E-state index contributed by atoms with van der Waals surface area (Å²) in [4.78, 5) is 13.7. The van der Waals surface area contributed by atoms with Gasteiger partial charge < -0.3 is 20.4 Å². The van der Waals surface area contributed by atoms with E-state index < -0.39 is 12.2 Å². The van der Waals surface area contributed by atoms with E-state index in [-0.39, 0.29) is 12.5 Å². The zero-order valence-corrected chi connectivity index (χ0v) is 11.0. The van der Waals surface area contributed by atoms with Gasteiger partial charge in [0.1, 0.15) is 5.60 Å². The summed E-state index contributed by atoms with van der Waals surface area (Å²) in [5.41, 5.74) is 0.238. The minimum absolute atomic E-state index is 0.0117. The Labute approximate surface area is 107 Å². The van der Waals surface area contributed by atoms with E-state index in [2.05, 4.69) is 5.32 Å². The summed E-state index contributed by atoms with van der Waals surface area (Å²) in [6.45, 7) is 1.08. The highest BCUT2D eigenvalue weighted by atomic mass is 16.3. The maximum absolute atomic E-state index is 11.8. The van der Waals surface area contributed by atoms with Gasteiger partial charge in [0.2, 0.25) is 0 Å². The molecule has 0 heterocycles. The summed E-state index contributed by atoms with van der Waals surface area (Å²) >= 11 is 0. The Bertz CT molecular complexity index is 399. The third kappa shape index (κ3) is 4.01. The Morgan fingerprint density at radius 2 is 1.89 bits per heavy atom. The van der Waals surface area contributed by atoms with Crippen LogP contribution in [0, 0.1) is 0 Å². The van der Waals surface area contributed by atoms with Crippen molar-refractivity contribution in [1.29, 1.82) is 0 Å². The van der Waals surface area contributed by atoms with Crippen molar-refractivity contribution in [1.82, 2.24) is 5.32 Å². The largest absolute Gasteiger partial charge is 0.393 e. The number of amides is 1. The highest BCUT2D eigenvalue weighted by molar-refractivity contribution is 5.94. The lowest BCUT2D eigenvalue weighted by Crippen LogP contribution is -2.43.